The molecule has 0 fully saturated rings. The van der Waals surface area contributed by atoms with Crippen molar-refractivity contribution < 1.29 is 23.9 Å². The van der Waals surface area contributed by atoms with Crippen molar-refractivity contribution in [2.45, 2.75) is 98.8 Å². The molecule has 2 aromatic rings. The molecular formula is C34H44O5. The summed E-state index contributed by atoms with van der Waals surface area (Å²) >= 11 is 0. The van der Waals surface area contributed by atoms with Crippen molar-refractivity contribution in [1.82, 2.24) is 0 Å². The van der Waals surface area contributed by atoms with Crippen molar-refractivity contribution in [3.63, 3.8) is 0 Å². The van der Waals surface area contributed by atoms with Gasteiger partial charge >= 0.3 is 5.97 Å². The molecular weight excluding hydrogens is 488 g/mol. The smallest absolute Gasteiger partial charge is 0.315 e. The summed E-state index contributed by atoms with van der Waals surface area (Å²) < 4.78 is 5.53. The lowest BCUT2D eigenvalue weighted by atomic mass is 9.70. The summed E-state index contributed by atoms with van der Waals surface area (Å²) in [6.07, 6.45) is 4.75. The van der Waals surface area contributed by atoms with Crippen LogP contribution in [0.2, 0.25) is 0 Å². The third-order valence-electron chi connectivity index (χ3n) is 8.16. The lowest BCUT2D eigenvalue weighted by molar-refractivity contribution is -0.134. The molecule has 0 heterocycles. The van der Waals surface area contributed by atoms with Crippen molar-refractivity contribution in [3.8, 4) is 5.75 Å². The predicted octanol–water partition coefficient (Wildman–Crippen LogP) is 7.39. The summed E-state index contributed by atoms with van der Waals surface area (Å²) in [5.41, 5.74) is 4.70. The van der Waals surface area contributed by atoms with Gasteiger partial charge < -0.3 is 4.74 Å². The van der Waals surface area contributed by atoms with Crippen molar-refractivity contribution in [2.75, 3.05) is 0 Å². The minimum Gasteiger partial charge on any atom is -0.426 e. The van der Waals surface area contributed by atoms with Crippen LogP contribution < -0.4 is 4.74 Å². The first-order chi connectivity index (χ1) is 18.5. The topological polar surface area (TPSA) is 77.5 Å². The highest BCUT2D eigenvalue weighted by Gasteiger charge is 2.35. The van der Waals surface area contributed by atoms with E-state index in [2.05, 4.69) is 26.8 Å². The van der Waals surface area contributed by atoms with Crippen LogP contribution in [0.3, 0.4) is 0 Å². The van der Waals surface area contributed by atoms with Gasteiger partial charge in [0.05, 0.1) is 12.8 Å². The van der Waals surface area contributed by atoms with Crippen molar-refractivity contribution >= 4 is 23.3 Å². The number of ether oxygens (including phenoxy) is 1. The van der Waals surface area contributed by atoms with E-state index in [0.717, 1.165) is 53.5 Å². The van der Waals surface area contributed by atoms with Gasteiger partial charge in [0.1, 0.15) is 17.3 Å². The van der Waals surface area contributed by atoms with E-state index in [9.17, 15) is 19.2 Å². The highest BCUT2D eigenvalue weighted by atomic mass is 16.5. The molecule has 0 N–H and O–H groups in total. The molecule has 0 aliphatic heterocycles. The van der Waals surface area contributed by atoms with E-state index >= 15 is 0 Å². The lowest BCUT2D eigenvalue weighted by Crippen LogP contribution is -2.30. The normalized spacial score (nSPS) is 16.5. The van der Waals surface area contributed by atoms with Crippen LogP contribution in [-0.2, 0) is 27.2 Å². The molecule has 0 saturated heterocycles. The van der Waals surface area contributed by atoms with E-state index < -0.39 is 0 Å². The molecule has 1 aliphatic carbocycles. The highest BCUT2D eigenvalue weighted by molar-refractivity contribution is 6.01. The number of para-hydroxylation sites is 1. The van der Waals surface area contributed by atoms with Crippen LogP contribution in [0.25, 0.3) is 0 Å². The van der Waals surface area contributed by atoms with Gasteiger partial charge in [-0.15, -0.1) is 0 Å². The molecule has 0 radical (unpaired) electrons. The maximum absolute atomic E-state index is 13.7. The van der Waals surface area contributed by atoms with E-state index in [-0.39, 0.29) is 59.8 Å². The average molecular weight is 533 g/mol. The van der Waals surface area contributed by atoms with E-state index in [0.29, 0.717) is 18.6 Å². The average Bonchev–Trinajstić information content (AvgIpc) is 2.86. The third-order valence-corrected chi connectivity index (χ3v) is 8.16. The van der Waals surface area contributed by atoms with Gasteiger partial charge in [-0.2, -0.15) is 0 Å². The number of carbonyl (C=O) groups is 4. The second kappa shape index (κ2) is 13.8. The molecule has 2 aromatic carbocycles. The Balaban J connectivity index is 1.87. The fraction of sp³-hybridized carbons (Fsp3) is 0.529. The summed E-state index contributed by atoms with van der Waals surface area (Å²) in [5.74, 6) is 0.619. The maximum Gasteiger partial charge on any atom is 0.315 e. The number of hydrogen-bond acceptors (Lipinski definition) is 5. The molecule has 5 heteroatoms. The summed E-state index contributed by atoms with van der Waals surface area (Å²) in [6, 6.07) is 11.1. The minimum absolute atomic E-state index is 0.00265. The molecule has 39 heavy (non-hydrogen) atoms. The van der Waals surface area contributed by atoms with Gasteiger partial charge in [-0.1, -0.05) is 64.8 Å². The van der Waals surface area contributed by atoms with E-state index in [4.69, 9.17) is 4.74 Å². The number of Topliss-reactive ketones (excluding diaryl/α,β-unsaturated/α-hetero) is 3. The van der Waals surface area contributed by atoms with Crippen LogP contribution in [0, 0.1) is 24.7 Å². The van der Waals surface area contributed by atoms with Gasteiger partial charge in [0.25, 0.3) is 0 Å². The Morgan fingerprint density at radius 1 is 1.05 bits per heavy atom. The second-order valence-electron chi connectivity index (χ2n) is 11.6. The first-order valence-corrected chi connectivity index (χ1v) is 14.5. The SMILES string of the molecule is CCCC(CC1CC(=O)c2c(C)c(CC(=O)Oc3ccccc3)cc(C(C)C)c2C1)C(CC)C(=O)CC(C)=O. The van der Waals surface area contributed by atoms with Gasteiger partial charge in [-0.3, -0.25) is 19.2 Å². The Hall–Kier alpha value is -3.08. The van der Waals surface area contributed by atoms with Gasteiger partial charge in [0.15, 0.2) is 5.78 Å². The van der Waals surface area contributed by atoms with Crippen LogP contribution >= 0.6 is 0 Å². The van der Waals surface area contributed by atoms with Crippen LogP contribution in [0.1, 0.15) is 112 Å². The Bertz CT molecular complexity index is 1190. The first-order valence-electron chi connectivity index (χ1n) is 14.5. The molecule has 210 valence electrons. The molecule has 0 saturated carbocycles. The lowest BCUT2D eigenvalue weighted by Gasteiger charge is -2.33. The van der Waals surface area contributed by atoms with Crippen LogP contribution in [0.15, 0.2) is 36.4 Å². The maximum atomic E-state index is 13.7. The van der Waals surface area contributed by atoms with Crippen LogP contribution in [0.5, 0.6) is 5.75 Å². The number of fused-ring (bicyclic) bond motifs is 1. The Morgan fingerprint density at radius 2 is 1.74 bits per heavy atom. The number of rotatable bonds is 13. The largest absolute Gasteiger partial charge is 0.426 e. The highest BCUT2D eigenvalue weighted by Crippen LogP contribution is 2.40. The monoisotopic (exact) mass is 532 g/mol. The van der Waals surface area contributed by atoms with Gasteiger partial charge in [-0.05, 0) is 85.3 Å². The molecule has 3 atom stereocenters. The summed E-state index contributed by atoms with van der Waals surface area (Å²) in [4.78, 5) is 51.0. The molecule has 0 spiro atoms. The zero-order valence-electron chi connectivity index (χ0n) is 24.5. The molecule has 3 rings (SSSR count). The van der Waals surface area contributed by atoms with Gasteiger partial charge in [0.2, 0.25) is 0 Å². The van der Waals surface area contributed by atoms with Gasteiger partial charge in [0, 0.05) is 17.9 Å². The van der Waals surface area contributed by atoms with Crippen molar-refractivity contribution in [1.29, 1.82) is 0 Å². The van der Waals surface area contributed by atoms with Gasteiger partial charge in [-0.25, -0.2) is 0 Å². The molecule has 1 aliphatic rings. The van der Waals surface area contributed by atoms with Crippen molar-refractivity contribution in [2.24, 2.45) is 17.8 Å². The quantitative estimate of drug-likeness (QED) is 0.153. The molecule has 0 amide bonds. The predicted molar refractivity (Wildman–Crippen MR) is 154 cm³/mol. The summed E-state index contributed by atoms with van der Waals surface area (Å²) in [6.45, 7) is 11.8. The van der Waals surface area contributed by atoms with Crippen molar-refractivity contribution in [3.05, 3.63) is 64.2 Å². The first kappa shape index (κ1) is 30.5. The number of ketones is 3. The number of benzene rings is 2. The van der Waals surface area contributed by atoms with E-state index in [1.54, 1.807) is 12.1 Å². The zero-order valence-corrected chi connectivity index (χ0v) is 24.5. The molecule has 0 bridgehead atoms. The number of carbonyl (C=O) groups excluding carboxylic acids is 4. The molecule has 3 unspecified atom stereocenters. The third kappa shape index (κ3) is 7.74. The summed E-state index contributed by atoms with van der Waals surface area (Å²) in [7, 11) is 0. The number of hydrogen-bond donors (Lipinski definition) is 0. The van der Waals surface area contributed by atoms with Crippen LogP contribution in [-0.4, -0.2) is 23.3 Å². The number of esters is 1. The van der Waals surface area contributed by atoms with E-state index in [1.165, 1.54) is 6.92 Å². The standard InChI is InChI=1S/C34H44O5/c1-7-12-25(28(8-2)31(36)15-22(5)35)16-24-17-30-29(21(3)4)19-26(23(6)34(30)32(37)18-24)20-33(38)39-27-13-10-9-11-14-27/h9-11,13-14,19,21,24-25,28H,7-8,12,15-18,20H2,1-6H3. The summed E-state index contributed by atoms with van der Waals surface area (Å²) in [5, 5.41) is 0. The Kier molecular flexibility index (Phi) is 10.8. The molecule has 5 nitrogen and oxygen atoms in total. The Morgan fingerprint density at radius 3 is 2.33 bits per heavy atom. The van der Waals surface area contributed by atoms with Crippen LogP contribution in [0.4, 0.5) is 0 Å². The Labute approximate surface area is 233 Å². The second-order valence-corrected chi connectivity index (χ2v) is 11.6. The zero-order chi connectivity index (χ0) is 28.7. The minimum atomic E-state index is -0.344. The fourth-order valence-corrected chi connectivity index (χ4v) is 6.40. The fourth-order valence-electron chi connectivity index (χ4n) is 6.40. The molecule has 0 aromatic heterocycles. The van der Waals surface area contributed by atoms with E-state index in [1.807, 2.05) is 32.0 Å².